The molecule has 0 saturated heterocycles. The lowest BCUT2D eigenvalue weighted by Crippen LogP contribution is -2.29. The number of amides is 2. The smallest absolute Gasteiger partial charge is 0.220 e. The predicted octanol–water partition coefficient (Wildman–Crippen LogP) is 0.577. The molecule has 18 heavy (non-hydrogen) atoms. The molecule has 2 rings (SSSR count). The number of carbonyl (C=O) groups is 2. The minimum atomic E-state index is -0.400. The number of hydrogen-bond acceptors (Lipinski definition) is 3. The van der Waals surface area contributed by atoms with Gasteiger partial charge in [0.2, 0.25) is 11.8 Å². The van der Waals surface area contributed by atoms with Crippen LogP contribution >= 0.6 is 0 Å². The van der Waals surface area contributed by atoms with E-state index in [1.165, 1.54) is 5.56 Å². The van der Waals surface area contributed by atoms with E-state index in [0.717, 1.165) is 12.2 Å². The van der Waals surface area contributed by atoms with Gasteiger partial charge >= 0.3 is 0 Å². The zero-order valence-corrected chi connectivity index (χ0v) is 10.1. The van der Waals surface area contributed by atoms with Gasteiger partial charge in [-0.2, -0.15) is 0 Å². The highest BCUT2D eigenvalue weighted by Gasteiger charge is 2.23. The van der Waals surface area contributed by atoms with Crippen molar-refractivity contribution in [3.63, 3.8) is 0 Å². The second-order valence-corrected chi connectivity index (χ2v) is 4.44. The van der Waals surface area contributed by atoms with Crippen molar-refractivity contribution in [2.75, 3.05) is 18.4 Å². The van der Waals surface area contributed by atoms with E-state index in [1.54, 1.807) is 0 Å². The van der Waals surface area contributed by atoms with Gasteiger partial charge in [-0.1, -0.05) is 18.2 Å². The number of hydrogen-bond donors (Lipinski definition) is 3. The summed E-state index contributed by atoms with van der Waals surface area (Å²) in [6, 6.07) is 8.00. The molecule has 1 atom stereocenters. The number of fused-ring (bicyclic) bond motifs is 1. The Hall–Kier alpha value is -2.04. The molecule has 0 aromatic heterocycles. The number of para-hydroxylation sites is 1. The van der Waals surface area contributed by atoms with E-state index in [1.807, 2.05) is 24.3 Å². The standard InChI is InChI=1S/C13H17N3O2/c14-12(17)5-6-15-13(18)7-9-8-16-11-4-2-1-3-10(9)11/h1-4,9,16H,5-8H2,(H2,14,17)(H,15,18). The van der Waals surface area contributed by atoms with Gasteiger partial charge in [-0.15, -0.1) is 0 Å². The molecule has 1 heterocycles. The number of nitrogens with one attached hydrogen (secondary N) is 2. The van der Waals surface area contributed by atoms with Crippen LogP contribution in [0.2, 0.25) is 0 Å². The molecule has 1 aliphatic heterocycles. The molecule has 0 bridgehead atoms. The molecular formula is C13H17N3O2. The van der Waals surface area contributed by atoms with Gasteiger partial charge in [0.05, 0.1) is 0 Å². The monoisotopic (exact) mass is 247 g/mol. The lowest BCUT2D eigenvalue weighted by Gasteiger charge is -2.10. The van der Waals surface area contributed by atoms with E-state index >= 15 is 0 Å². The van der Waals surface area contributed by atoms with Crippen LogP contribution in [-0.2, 0) is 9.59 Å². The Labute approximate surface area is 106 Å². The highest BCUT2D eigenvalue weighted by molar-refractivity contribution is 5.79. The summed E-state index contributed by atoms with van der Waals surface area (Å²) in [7, 11) is 0. The van der Waals surface area contributed by atoms with Crippen LogP contribution in [0.1, 0.15) is 24.3 Å². The molecule has 1 aliphatic rings. The summed E-state index contributed by atoms with van der Waals surface area (Å²) in [6.07, 6.45) is 0.619. The topological polar surface area (TPSA) is 84.2 Å². The average Bonchev–Trinajstić information content (AvgIpc) is 2.72. The first-order chi connectivity index (χ1) is 8.66. The zero-order valence-electron chi connectivity index (χ0n) is 10.1. The van der Waals surface area contributed by atoms with E-state index < -0.39 is 5.91 Å². The molecule has 0 saturated carbocycles. The van der Waals surface area contributed by atoms with Crippen LogP contribution in [0.3, 0.4) is 0 Å². The Bertz CT molecular complexity index is 459. The van der Waals surface area contributed by atoms with Gasteiger partial charge in [0, 0.05) is 37.5 Å². The fourth-order valence-electron chi connectivity index (χ4n) is 2.16. The van der Waals surface area contributed by atoms with Crippen molar-refractivity contribution < 1.29 is 9.59 Å². The Balaban J connectivity index is 1.84. The van der Waals surface area contributed by atoms with E-state index in [9.17, 15) is 9.59 Å². The number of primary amides is 1. The van der Waals surface area contributed by atoms with Crippen molar-refractivity contribution in [1.82, 2.24) is 5.32 Å². The lowest BCUT2D eigenvalue weighted by molar-refractivity contribution is -0.121. The van der Waals surface area contributed by atoms with E-state index in [4.69, 9.17) is 5.73 Å². The van der Waals surface area contributed by atoms with Crippen LogP contribution in [0, 0.1) is 0 Å². The highest BCUT2D eigenvalue weighted by atomic mass is 16.2. The quantitative estimate of drug-likeness (QED) is 0.711. The Morgan fingerprint density at radius 2 is 2.17 bits per heavy atom. The van der Waals surface area contributed by atoms with Crippen LogP contribution in [-0.4, -0.2) is 24.9 Å². The summed E-state index contributed by atoms with van der Waals surface area (Å²) in [5, 5.41) is 5.98. The molecule has 1 aromatic rings. The minimum absolute atomic E-state index is 0.0419. The van der Waals surface area contributed by atoms with Gasteiger partial charge in [0.25, 0.3) is 0 Å². The molecule has 1 unspecified atom stereocenters. The maximum absolute atomic E-state index is 11.7. The Morgan fingerprint density at radius 1 is 1.39 bits per heavy atom. The van der Waals surface area contributed by atoms with Crippen LogP contribution < -0.4 is 16.4 Å². The van der Waals surface area contributed by atoms with Gasteiger partial charge in [0.15, 0.2) is 0 Å². The minimum Gasteiger partial charge on any atom is -0.384 e. The molecule has 4 N–H and O–H groups in total. The van der Waals surface area contributed by atoms with E-state index in [-0.39, 0.29) is 18.2 Å². The van der Waals surface area contributed by atoms with Gasteiger partial charge in [0.1, 0.15) is 0 Å². The van der Waals surface area contributed by atoms with Crippen LogP contribution in [0.4, 0.5) is 5.69 Å². The molecule has 96 valence electrons. The summed E-state index contributed by atoms with van der Waals surface area (Å²) in [5.41, 5.74) is 7.29. The molecule has 0 radical (unpaired) electrons. The van der Waals surface area contributed by atoms with E-state index in [2.05, 4.69) is 10.6 Å². The molecular weight excluding hydrogens is 230 g/mol. The average molecular weight is 247 g/mol. The molecule has 2 amide bonds. The fraction of sp³-hybridized carbons (Fsp3) is 0.385. The number of rotatable bonds is 5. The number of benzene rings is 1. The third-order valence-electron chi connectivity index (χ3n) is 3.06. The zero-order chi connectivity index (χ0) is 13.0. The lowest BCUT2D eigenvalue weighted by atomic mass is 9.97. The maximum atomic E-state index is 11.7. The van der Waals surface area contributed by atoms with Crippen LogP contribution in [0.25, 0.3) is 0 Å². The molecule has 0 fully saturated rings. The summed E-state index contributed by atoms with van der Waals surface area (Å²) in [6.45, 7) is 1.10. The van der Waals surface area contributed by atoms with Gasteiger partial charge < -0.3 is 16.4 Å². The van der Waals surface area contributed by atoms with Crippen molar-refractivity contribution in [2.24, 2.45) is 5.73 Å². The summed E-state index contributed by atoms with van der Waals surface area (Å²) < 4.78 is 0. The van der Waals surface area contributed by atoms with Crippen molar-refractivity contribution in [3.8, 4) is 0 Å². The van der Waals surface area contributed by atoms with Crippen molar-refractivity contribution in [3.05, 3.63) is 29.8 Å². The summed E-state index contributed by atoms with van der Waals surface area (Å²) in [5.74, 6) is -0.238. The normalized spacial score (nSPS) is 16.8. The van der Waals surface area contributed by atoms with Crippen molar-refractivity contribution >= 4 is 17.5 Å². The van der Waals surface area contributed by atoms with Crippen LogP contribution in [0.5, 0.6) is 0 Å². The van der Waals surface area contributed by atoms with E-state index in [0.29, 0.717) is 13.0 Å². The highest BCUT2D eigenvalue weighted by Crippen LogP contribution is 2.32. The number of anilines is 1. The fourth-order valence-corrected chi connectivity index (χ4v) is 2.16. The SMILES string of the molecule is NC(=O)CCNC(=O)CC1CNc2ccccc21. The van der Waals surface area contributed by atoms with Crippen molar-refractivity contribution in [2.45, 2.75) is 18.8 Å². The number of carbonyl (C=O) groups excluding carboxylic acids is 2. The predicted molar refractivity (Wildman–Crippen MR) is 69.1 cm³/mol. The summed E-state index contributed by atoms with van der Waals surface area (Å²) >= 11 is 0. The molecule has 5 heteroatoms. The maximum Gasteiger partial charge on any atom is 0.220 e. The largest absolute Gasteiger partial charge is 0.384 e. The molecule has 1 aromatic carbocycles. The third-order valence-corrected chi connectivity index (χ3v) is 3.06. The van der Waals surface area contributed by atoms with Gasteiger partial charge in [-0.05, 0) is 11.6 Å². The van der Waals surface area contributed by atoms with Gasteiger partial charge in [-0.25, -0.2) is 0 Å². The first-order valence-corrected chi connectivity index (χ1v) is 6.04. The second kappa shape index (κ2) is 5.53. The second-order valence-electron chi connectivity index (χ2n) is 4.44. The Morgan fingerprint density at radius 3 is 2.94 bits per heavy atom. The van der Waals surface area contributed by atoms with Gasteiger partial charge in [-0.3, -0.25) is 9.59 Å². The van der Waals surface area contributed by atoms with Crippen LogP contribution in [0.15, 0.2) is 24.3 Å². The first-order valence-electron chi connectivity index (χ1n) is 6.04. The molecule has 0 spiro atoms. The Kier molecular flexibility index (Phi) is 3.82. The molecule has 0 aliphatic carbocycles. The first kappa shape index (κ1) is 12.4. The number of nitrogens with two attached hydrogens (primary N) is 1. The van der Waals surface area contributed by atoms with Crippen molar-refractivity contribution in [1.29, 1.82) is 0 Å². The summed E-state index contributed by atoms with van der Waals surface area (Å²) in [4.78, 5) is 22.2. The third kappa shape index (κ3) is 3.00. The molecule has 5 nitrogen and oxygen atoms in total.